The van der Waals surface area contributed by atoms with Gasteiger partial charge in [-0.15, -0.1) is 0 Å². The zero-order valence-electron chi connectivity index (χ0n) is 21.2. The first-order chi connectivity index (χ1) is 15.6. The third kappa shape index (κ3) is 14.0. The monoisotopic (exact) mass is 450 g/mol. The Hall–Kier alpha value is -1.32. The molecule has 186 valence electrons. The van der Waals surface area contributed by atoms with Crippen molar-refractivity contribution >= 4 is 11.9 Å². The van der Waals surface area contributed by atoms with Crippen LogP contribution < -0.4 is 0 Å². The normalized spacial score (nSPS) is 18.1. The number of unbranched alkanes of at least 4 members (excludes halogenated alkanes) is 11. The van der Waals surface area contributed by atoms with Gasteiger partial charge in [-0.3, -0.25) is 9.59 Å². The molecule has 0 heterocycles. The Bertz CT molecular complexity index is 512. The van der Waals surface area contributed by atoms with Crippen molar-refractivity contribution in [2.75, 3.05) is 13.2 Å². The smallest absolute Gasteiger partial charge is 0.310 e. The van der Waals surface area contributed by atoms with Crippen molar-refractivity contribution in [3.05, 3.63) is 12.2 Å². The standard InChI is InChI=1S/C28H50O4/c1-4-22-31-27(29)25-20-16-17-21-26(25)28(30)32-23-18-14-12-10-8-6-5-7-9-11-13-15-19-24(2)3/h16-17,24-26H,4-15,18-23H2,1-3H3. The number of allylic oxidation sites excluding steroid dienone is 2. The molecule has 0 aromatic carbocycles. The van der Waals surface area contributed by atoms with E-state index in [1.165, 1.54) is 70.6 Å². The molecule has 0 amide bonds. The zero-order valence-corrected chi connectivity index (χ0v) is 21.2. The molecule has 32 heavy (non-hydrogen) atoms. The van der Waals surface area contributed by atoms with Gasteiger partial charge in [0.05, 0.1) is 25.0 Å². The summed E-state index contributed by atoms with van der Waals surface area (Å²) < 4.78 is 10.8. The van der Waals surface area contributed by atoms with Crippen molar-refractivity contribution in [3.8, 4) is 0 Å². The van der Waals surface area contributed by atoms with Crippen LogP contribution in [0.25, 0.3) is 0 Å². The van der Waals surface area contributed by atoms with Crippen molar-refractivity contribution in [1.82, 2.24) is 0 Å². The highest BCUT2D eigenvalue weighted by molar-refractivity contribution is 5.82. The summed E-state index contributed by atoms with van der Waals surface area (Å²) in [6, 6.07) is 0. The van der Waals surface area contributed by atoms with Crippen molar-refractivity contribution in [2.45, 2.75) is 124 Å². The summed E-state index contributed by atoms with van der Waals surface area (Å²) >= 11 is 0. The van der Waals surface area contributed by atoms with E-state index < -0.39 is 0 Å². The Labute approximate surface area is 197 Å². The van der Waals surface area contributed by atoms with E-state index in [2.05, 4.69) is 13.8 Å². The number of carbonyl (C=O) groups excluding carboxylic acids is 2. The molecular formula is C28H50O4. The maximum absolute atomic E-state index is 12.5. The van der Waals surface area contributed by atoms with Crippen LogP contribution in [0, 0.1) is 17.8 Å². The molecule has 0 spiro atoms. The maximum atomic E-state index is 12.5. The van der Waals surface area contributed by atoms with Crippen LogP contribution >= 0.6 is 0 Å². The van der Waals surface area contributed by atoms with Crippen molar-refractivity contribution < 1.29 is 19.1 Å². The fourth-order valence-corrected chi connectivity index (χ4v) is 4.35. The lowest BCUT2D eigenvalue weighted by Crippen LogP contribution is -2.34. The Morgan fingerprint density at radius 2 is 1.09 bits per heavy atom. The summed E-state index contributed by atoms with van der Waals surface area (Å²) in [4.78, 5) is 24.7. The average molecular weight is 451 g/mol. The SMILES string of the molecule is CCCOC(=O)C1CC=CCC1C(=O)OCCCCCCCCCCCCCCC(C)C. The fourth-order valence-electron chi connectivity index (χ4n) is 4.35. The zero-order chi connectivity index (χ0) is 23.4. The number of hydrogen-bond acceptors (Lipinski definition) is 4. The van der Waals surface area contributed by atoms with Crippen LogP contribution in [0.1, 0.15) is 124 Å². The first-order valence-corrected chi connectivity index (χ1v) is 13.5. The summed E-state index contributed by atoms with van der Waals surface area (Å²) in [5.74, 6) is -0.426. The molecule has 0 fully saturated rings. The van der Waals surface area contributed by atoms with Gasteiger partial charge in [-0.2, -0.15) is 0 Å². The van der Waals surface area contributed by atoms with Gasteiger partial charge in [0.1, 0.15) is 0 Å². The van der Waals surface area contributed by atoms with E-state index >= 15 is 0 Å². The highest BCUT2D eigenvalue weighted by atomic mass is 16.5. The molecule has 2 atom stereocenters. The van der Waals surface area contributed by atoms with Crippen LogP contribution in [0.2, 0.25) is 0 Å². The lowest BCUT2D eigenvalue weighted by atomic mass is 9.83. The third-order valence-corrected chi connectivity index (χ3v) is 6.41. The van der Waals surface area contributed by atoms with E-state index in [1.807, 2.05) is 19.1 Å². The first kappa shape index (κ1) is 28.7. The molecule has 4 heteroatoms. The van der Waals surface area contributed by atoms with E-state index in [-0.39, 0.29) is 23.8 Å². The minimum atomic E-state index is -0.390. The molecule has 4 nitrogen and oxygen atoms in total. The van der Waals surface area contributed by atoms with Crippen LogP contribution in [0.3, 0.4) is 0 Å². The number of rotatable bonds is 19. The molecule has 0 N–H and O–H groups in total. The van der Waals surface area contributed by atoms with Gasteiger partial charge in [0.2, 0.25) is 0 Å². The molecule has 0 aromatic rings. The molecule has 1 aliphatic rings. The number of ether oxygens (including phenoxy) is 2. The molecular weight excluding hydrogens is 400 g/mol. The second-order valence-electron chi connectivity index (χ2n) is 9.92. The van der Waals surface area contributed by atoms with Gasteiger partial charge < -0.3 is 9.47 Å². The number of esters is 2. The maximum Gasteiger partial charge on any atom is 0.310 e. The first-order valence-electron chi connectivity index (χ1n) is 13.5. The number of hydrogen-bond donors (Lipinski definition) is 0. The van der Waals surface area contributed by atoms with Crippen LogP contribution in [0.15, 0.2) is 12.2 Å². The van der Waals surface area contributed by atoms with Crippen LogP contribution in [-0.2, 0) is 19.1 Å². The highest BCUT2D eigenvalue weighted by Crippen LogP contribution is 2.28. The topological polar surface area (TPSA) is 52.6 Å². The van der Waals surface area contributed by atoms with E-state index in [0.29, 0.717) is 26.1 Å². The van der Waals surface area contributed by atoms with Gasteiger partial charge >= 0.3 is 11.9 Å². The van der Waals surface area contributed by atoms with Crippen molar-refractivity contribution in [1.29, 1.82) is 0 Å². The minimum Gasteiger partial charge on any atom is -0.465 e. The van der Waals surface area contributed by atoms with Gasteiger partial charge in [0.25, 0.3) is 0 Å². The predicted molar refractivity (Wildman–Crippen MR) is 132 cm³/mol. The molecule has 0 aromatic heterocycles. The number of carbonyl (C=O) groups is 2. The lowest BCUT2D eigenvalue weighted by molar-refractivity contribution is -0.161. The Morgan fingerprint density at radius 3 is 1.53 bits per heavy atom. The van der Waals surface area contributed by atoms with E-state index in [1.54, 1.807) is 0 Å². The summed E-state index contributed by atoms with van der Waals surface area (Å²) in [5, 5.41) is 0. The van der Waals surface area contributed by atoms with Gasteiger partial charge in [0, 0.05) is 0 Å². The van der Waals surface area contributed by atoms with Gasteiger partial charge in [-0.25, -0.2) is 0 Å². The Morgan fingerprint density at radius 1 is 0.688 bits per heavy atom. The van der Waals surface area contributed by atoms with Gasteiger partial charge in [-0.1, -0.05) is 110 Å². The quantitative estimate of drug-likeness (QED) is 0.114. The highest BCUT2D eigenvalue weighted by Gasteiger charge is 2.36. The summed E-state index contributed by atoms with van der Waals surface area (Å²) in [5.41, 5.74) is 0. The summed E-state index contributed by atoms with van der Waals surface area (Å²) in [6.07, 6.45) is 22.8. The van der Waals surface area contributed by atoms with Crippen molar-refractivity contribution in [3.63, 3.8) is 0 Å². The second-order valence-corrected chi connectivity index (χ2v) is 9.92. The molecule has 0 saturated heterocycles. The molecule has 1 rings (SSSR count). The van der Waals surface area contributed by atoms with E-state index in [9.17, 15) is 9.59 Å². The molecule has 2 unspecified atom stereocenters. The van der Waals surface area contributed by atoms with Crippen LogP contribution in [-0.4, -0.2) is 25.2 Å². The minimum absolute atomic E-state index is 0.239. The molecule has 0 bridgehead atoms. The Kier molecular flexibility index (Phi) is 17.2. The molecule has 1 aliphatic carbocycles. The van der Waals surface area contributed by atoms with E-state index in [0.717, 1.165) is 25.2 Å². The average Bonchev–Trinajstić information content (AvgIpc) is 2.79. The summed E-state index contributed by atoms with van der Waals surface area (Å²) in [7, 11) is 0. The second kappa shape index (κ2) is 19.2. The molecule has 0 saturated carbocycles. The predicted octanol–water partition coefficient (Wildman–Crippen LogP) is 7.79. The Balaban J connectivity index is 1.97. The summed E-state index contributed by atoms with van der Waals surface area (Å²) in [6.45, 7) is 7.47. The third-order valence-electron chi connectivity index (χ3n) is 6.41. The van der Waals surface area contributed by atoms with Gasteiger partial charge in [0.15, 0.2) is 0 Å². The van der Waals surface area contributed by atoms with Crippen molar-refractivity contribution in [2.24, 2.45) is 17.8 Å². The largest absolute Gasteiger partial charge is 0.465 e. The lowest BCUT2D eigenvalue weighted by Gasteiger charge is -2.25. The van der Waals surface area contributed by atoms with Gasteiger partial charge in [-0.05, 0) is 31.6 Å². The van der Waals surface area contributed by atoms with Crippen LogP contribution in [0.5, 0.6) is 0 Å². The fraction of sp³-hybridized carbons (Fsp3) is 0.857. The molecule has 0 aliphatic heterocycles. The van der Waals surface area contributed by atoms with Crippen LogP contribution in [0.4, 0.5) is 0 Å². The van der Waals surface area contributed by atoms with E-state index in [4.69, 9.17) is 9.47 Å². The molecule has 0 radical (unpaired) electrons.